The number of hydrogen-bond donors (Lipinski definition) is 0. The number of rotatable bonds is 2. The van der Waals surface area contributed by atoms with Crippen LogP contribution in [0, 0.1) is 6.92 Å². The maximum Gasteiger partial charge on any atom is 0.0801 e. The van der Waals surface area contributed by atoms with Crippen molar-refractivity contribution in [2.24, 2.45) is 0 Å². The zero-order valence-corrected chi connectivity index (χ0v) is 12.4. The average molecular weight is 298 g/mol. The molecule has 1 aromatic rings. The van der Waals surface area contributed by atoms with E-state index in [0.29, 0.717) is 0 Å². The minimum absolute atomic E-state index is 0.0489. The number of nitrogens with zero attached hydrogens (tertiary/aromatic N) is 1. The van der Waals surface area contributed by atoms with Gasteiger partial charge < -0.3 is 9.64 Å². The molecule has 2 rings (SSSR count). The number of morpholine rings is 1. The Hall–Kier alpha value is -0.540. The Labute approximate surface area is 112 Å². The summed E-state index contributed by atoms with van der Waals surface area (Å²) in [6.07, 6.45) is 0. The molecule has 0 aliphatic carbocycles. The molecule has 1 saturated heterocycles. The van der Waals surface area contributed by atoms with E-state index in [4.69, 9.17) is 4.74 Å². The predicted octanol–water partition coefficient (Wildman–Crippen LogP) is 3.51. The standard InChI is InChI=1S/C14H20BrNO/c1-11-4-5-13(12(8-11)9-15)16-6-7-17-14(2,3)10-16/h4-5,8H,6-7,9-10H2,1-3H3. The molecule has 0 spiro atoms. The number of alkyl halides is 1. The van der Waals surface area contributed by atoms with Gasteiger partial charge in [0.25, 0.3) is 0 Å². The second-order valence-corrected chi connectivity index (χ2v) is 5.86. The zero-order chi connectivity index (χ0) is 12.5. The molecule has 1 heterocycles. The minimum atomic E-state index is -0.0489. The summed E-state index contributed by atoms with van der Waals surface area (Å²) in [6.45, 7) is 9.19. The van der Waals surface area contributed by atoms with Crippen molar-refractivity contribution >= 4 is 21.6 Å². The lowest BCUT2D eigenvalue weighted by Gasteiger charge is -2.40. The van der Waals surface area contributed by atoms with Crippen LogP contribution in [0.1, 0.15) is 25.0 Å². The molecule has 0 bridgehead atoms. The number of hydrogen-bond acceptors (Lipinski definition) is 2. The van der Waals surface area contributed by atoms with Gasteiger partial charge in [-0.2, -0.15) is 0 Å². The molecule has 0 unspecified atom stereocenters. The zero-order valence-electron chi connectivity index (χ0n) is 10.8. The Kier molecular flexibility index (Phi) is 3.79. The van der Waals surface area contributed by atoms with Crippen molar-refractivity contribution in [1.82, 2.24) is 0 Å². The molecule has 0 amide bonds. The van der Waals surface area contributed by atoms with Crippen LogP contribution in [0.3, 0.4) is 0 Å². The molecular formula is C14H20BrNO. The summed E-state index contributed by atoms with van der Waals surface area (Å²) in [7, 11) is 0. The molecule has 3 heteroatoms. The highest BCUT2D eigenvalue weighted by molar-refractivity contribution is 9.08. The van der Waals surface area contributed by atoms with Gasteiger partial charge in [-0.15, -0.1) is 0 Å². The number of benzene rings is 1. The predicted molar refractivity (Wildman–Crippen MR) is 76.1 cm³/mol. The first kappa shape index (κ1) is 12.9. The lowest BCUT2D eigenvalue weighted by Crippen LogP contribution is -2.48. The van der Waals surface area contributed by atoms with Crippen LogP contribution < -0.4 is 4.90 Å². The van der Waals surface area contributed by atoms with Gasteiger partial charge in [-0.3, -0.25) is 0 Å². The van der Waals surface area contributed by atoms with Gasteiger partial charge in [0.05, 0.1) is 12.2 Å². The Morgan fingerprint density at radius 2 is 2.18 bits per heavy atom. The first-order valence-electron chi connectivity index (χ1n) is 6.06. The molecule has 0 atom stereocenters. The highest BCUT2D eigenvalue weighted by atomic mass is 79.9. The lowest BCUT2D eigenvalue weighted by atomic mass is 10.0. The largest absolute Gasteiger partial charge is 0.372 e. The maximum absolute atomic E-state index is 5.76. The smallest absolute Gasteiger partial charge is 0.0801 e. The fourth-order valence-corrected chi connectivity index (χ4v) is 2.80. The molecule has 1 aromatic carbocycles. The topological polar surface area (TPSA) is 12.5 Å². The first-order chi connectivity index (χ1) is 8.02. The Morgan fingerprint density at radius 1 is 1.41 bits per heavy atom. The van der Waals surface area contributed by atoms with Gasteiger partial charge in [0, 0.05) is 24.1 Å². The normalized spacial score (nSPS) is 19.4. The van der Waals surface area contributed by atoms with Crippen LogP contribution >= 0.6 is 15.9 Å². The number of ether oxygens (including phenoxy) is 1. The van der Waals surface area contributed by atoms with Gasteiger partial charge in [-0.25, -0.2) is 0 Å². The van der Waals surface area contributed by atoms with E-state index in [2.05, 4.69) is 59.8 Å². The van der Waals surface area contributed by atoms with Gasteiger partial charge in [0.1, 0.15) is 0 Å². The van der Waals surface area contributed by atoms with E-state index < -0.39 is 0 Å². The number of anilines is 1. The van der Waals surface area contributed by atoms with E-state index in [9.17, 15) is 0 Å². The third-order valence-corrected chi connectivity index (χ3v) is 3.75. The molecule has 1 aliphatic rings. The molecule has 1 aliphatic heterocycles. The summed E-state index contributed by atoms with van der Waals surface area (Å²) in [5.41, 5.74) is 3.97. The van der Waals surface area contributed by atoms with E-state index in [1.165, 1.54) is 16.8 Å². The van der Waals surface area contributed by atoms with Gasteiger partial charge in [0.15, 0.2) is 0 Å². The second-order valence-electron chi connectivity index (χ2n) is 5.30. The fourth-order valence-electron chi connectivity index (χ4n) is 2.35. The molecule has 0 radical (unpaired) electrons. The van der Waals surface area contributed by atoms with Crippen molar-refractivity contribution in [2.45, 2.75) is 31.7 Å². The van der Waals surface area contributed by atoms with Crippen molar-refractivity contribution in [3.05, 3.63) is 29.3 Å². The third kappa shape index (κ3) is 3.02. The molecule has 1 fully saturated rings. The summed E-state index contributed by atoms with van der Waals surface area (Å²) in [5, 5.41) is 0.905. The number of aryl methyl sites for hydroxylation is 1. The van der Waals surface area contributed by atoms with E-state index in [1.54, 1.807) is 0 Å². The quantitative estimate of drug-likeness (QED) is 0.775. The van der Waals surface area contributed by atoms with E-state index in [1.807, 2.05) is 0 Å². The molecule has 0 N–H and O–H groups in total. The van der Waals surface area contributed by atoms with Crippen molar-refractivity contribution in [2.75, 3.05) is 24.6 Å². The van der Waals surface area contributed by atoms with Crippen LogP contribution in [-0.4, -0.2) is 25.3 Å². The van der Waals surface area contributed by atoms with Crippen molar-refractivity contribution in [3.8, 4) is 0 Å². The minimum Gasteiger partial charge on any atom is -0.372 e. The highest BCUT2D eigenvalue weighted by Gasteiger charge is 2.28. The molecule has 0 saturated carbocycles. The Bertz CT molecular complexity index is 403. The first-order valence-corrected chi connectivity index (χ1v) is 7.18. The molecule has 2 nitrogen and oxygen atoms in total. The van der Waals surface area contributed by atoms with E-state index in [-0.39, 0.29) is 5.60 Å². The van der Waals surface area contributed by atoms with Crippen LogP contribution in [0.2, 0.25) is 0 Å². The lowest BCUT2D eigenvalue weighted by molar-refractivity contribution is -0.0277. The average Bonchev–Trinajstić information content (AvgIpc) is 2.27. The Balaban J connectivity index is 2.27. The van der Waals surface area contributed by atoms with Gasteiger partial charge in [0.2, 0.25) is 0 Å². The fraction of sp³-hybridized carbons (Fsp3) is 0.571. The van der Waals surface area contributed by atoms with Crippen LogP contribution in [0.5, 0.6) is 0 Å². The van der Waals surface area contributed by atoms with Crippen LogP contribution in [0.25, 0.3) is 0 Å². The molecular weight excluding hydrogens is 278 g/mol. The third-order valence-electron chi connectivity index (χ3n) is 3.15. The summed E-state index contributed by atoms with van der Waals surface area (Å²) in [6, 6.07) is 6.67. The van der Waals surface area contributed by atoms with Crippen LogP contribution in [0.4, 0.5) is 5.69 Å². The van der Waals surface area contributed by atoms with Gasteiger partial charge in [-0.05, 0) is 32.4 Å². The second kappa shape index (κ2) is 4.99. The van der Waals surface area contributed by atoms with Crippen LogP contribution in [0.15, 0.2) is 18.2 Å². The van der Waals surface area contributed by atoms with Gasteiger partial charge in [-0.1, -0.05) is 33.6 Å². The summed E-state index contributed by atoms with van der Waals surface area (Å²) < 4.78 is 5.76. The van der Waals surface area contributed by atoms with Crippen molar-refractivity contribution in [1.29, 1.82) is 0 Å². The van der Waals surface area contributed by atoms with Crippen molar-refractivity contribution < 1.29 is 4.74 Å². The van der Waals surface area contributed by atoms with Gasteiger partial charge >= 0.3 is 0 Å². The number of halogens is 1. The molecule has 17 heavy (non-hydrogen) atoms. The van der Waals surface area contributed by atoms with E-state index in [0.717, 1.165) is 25.0 Å². The summed E-state index contributed by atoms with van der Waals surface area (Å²) >= 11 is 3.58. The van der Waals surface area contributed by atoms with Crippen molar-refractivity contribution in [3.63, 3.8) is 0 Å². The molecule has 0 aromatic heterocycles. The monoisotopic (exact) mass is 297 g/mol. The van der Waals surface area contributed by atoms with E-state index >= 15 is 0 Å². The van der Waals surface area contributed by atoms with Crippen LogP contribution in [-0.2, 0) is 10.1 Å². The SMILES string of the molecule is Cc1ccc(N2CCOC(C)(C)C2)c(CBr)c1. The Morgan fingerprint density at radius 3 is 2.82 bits per heavy atom. The maximum atomic E-state index is 5.76. The molecule has 94 valence electrons. The highest BCUT2D eigenvalue weighted by Crippen LogP contribution is 2.28. The summed E-state index contributed by atoms with van der Waals surface area (Å²) in [5.74, 6) is 0. The summed E-state index contributed by atoms with van der Waals surface area (Å²) in [4.78, 5) is 2.43.